The Morgan fingerprint density at radius 2 is 1.74 bits per heavy atom. The van der Waals surface area contributed by atoms with E-state index in [1.54, 1.807) is 36.4 Å². The van der Waals surface area contributed by atoms with Crippen molar-refractivity contribution < 1.29 is 14.4 Å². The number of carboxylic acids is 1. The average Bonchev–Trinajstić information content (AvgIpc) is 2.99. The Kier molecular flexibility index (Phi) is 4.26. The van der Waals surface area contributed by atoms with Gasteiger partial charge in [0, 0.05) is 10.6 Å². The Bertz CT molecular complexity index is 852. The summed E-state index contributed by atoms with van der Waals surface area (Å²) in [7, 11) is 0. The van der Waals surface area contributed by atoms with E-state index in [1.165, 1.54) is 0 Å². The van der Waals surface area contributed by atoms with Crippen molar-refractivity contribution in [2.75, 3.05) is 0 Å². The second kappa shape index (κ2) is 6.50. The van der Waals surface area contributed by atoms with Gasteiger partial charge in [0.25, 0.3) is 0 Å². The highest BCUT2D eigenvalue weighted by Gasteiger charge is 2.22. The topological polar surface area (TPSA) is 63.3 Å². The molecule has 4 nitrogen and oxygen atoms in total. The molecule has 2 aromatic carbocycles. The van der Waals surface area contributed by atoms with Crippen LogP contribution in [0.3, 0.4) is 0 Å². The van der Waals surface area contributed by atoms with Crippen LogP contribution in [0.5, 0.6) is 0 Å². The molecule has 0 amide bonds. The lowest BCUT2D eigenvalue weighted by Crippen LogP contribution is -1.99. The number of carboxylic acid groups (broad SMARTS) is 1. The minimum Gasteiger partial charge on any atom is -0.477 e. The van der Waals surface area contributed by atoms with E-state index in [2.05, 4.69) is 5.16 Å². The van der Waals surface area contributed by atoms with E-state index in [-0.39, 0.29) is 17.0 Å². The van der Waals surface area contributed by atoms with Crippen molar-refractivity contribution >= 4 is 29.7 Å². The molecule has 114 valence electrons. The third-order valence-corrected chi connectivity index (χ3v) is 3.53. The first kappa shape index (κ1) is 15.1. The molecule has 0 saturated heterocycles. The zero-order valence-electron chi connectivity index (χ0n) is 11.9. The maximum atomic E-state index is 11.6. The highest BCUT2D eigenvalue weighted by Crippen LogP contribution is 2.28. The summed E-state index contributed by atoms with van der Waals surface area (Å²) < 4.78 is 5.21. The lowest BCUT2D eigenvalue weighted by molar-refractivity contribution is 0.0696. The minimum absolute atomic E-state index is 0.0273. The molecule has 3 rings (SSSR count). The third-order valence-electron chi connectivity index (χ3n) is 3.28. The van der Waals surface area contributed by atoms with Gasteiger partial charge in [-0.05, 0) is 23.8 Å². The summed E-state index contributed by atoms with van der Waals surface area (Å²) in [6, 6.07) is 16.3. The molecule has 5 heteroatoms. The quantitative estimate of drug-likeness (QED) is 0.743. The van der Waals surface area contributed by atoms with Crippen molar-refractivity contribution in [2.45, 2.75) is 0 Å². The molecule has 1 heterocycles. The van der Waals surface area contributed by atoms with Crippen LogP contribution in [0.25, 0.3) is 23.4 Å². The third kappa shape index (κ3) is 3.33. The summed E-state index contributed by atoms with van der Waals surface area (Å²) in [4.78, 5) is 11.6. The molecule has 0 fully saturated rings. The SMILES string of the molecule is O=C(O)c1c(-c2ccc(Cl)cc2)noc1C=Cc1ccccc1. The van der Waals surface area contributed by atoms with Crippen molar-refractivity contribution in [3.8, 4) is 11.3 Å². The first-order valence-corrected chi connectivity index (χ1v) is 7.25. The predicted octanol–water partition coefficient (Wildman–Crippen LogP) is 4.86. The molecule has 0 saturated carbocycles. The maximum absolute atomic E-state index is 11.6. The van der Waals surface area contributed by atoms with Gasteiger partial charge in [-0.15, -0.1) is 0 Å². The molecular formula is C18H12ClNO3. The molecular weight excluding hydrogens is 314 g/mol. The summed E-state index contributed by atoms with van der Waals surface area (Å²) in [5.41, 5.74) is 1.88. The molecule has 23 heavy (non-hydrogen) atoms. The number of aromatic carboxylic acids is 1. The van der Waals surface area contributed by atoms with Gasteiger partial charge in [-0.1, -0.05) is 65.3 Å². The van der Waals surface area contributed by atoms with Gasteiger partial charge < -0.3 is 9.63 Å². The lowest BCUT2D eigenvalue weighted by Gasteiger charge is -1.98. The molecule has 1 aromatic heterocycles. The van der Waals surface area contributed by atoms with Gasteiger partial charge in [-0.2, -0.15) is 0 Å². The van der Waals surface area contributed by atoms with E-state index in [4.69, 9.17) is 16.1 Å². The van der Waals surface area contributed by atoms with Crippen LogP contribution in [-0.4, -0.2) is 16.2 Å². The van der Waals surface area contributed by atoms with Crippen molar-refractivity contribution in [3.05, 3.63) is 76.5 Å². The average molecular weight is 326 g/mol. The maximum Gasteiger partial charge on any atom is 0.341 e. The number of carbonyl (C=O) groups is 1. The molecule has 0 aliphatic heterocycles. The number of halogens is 1. The fourth-order valence-electron chi connectivity index (χ4n) is 2.16. The van der Waals surface area contributed by atoms with Crippen molar-refractivity contribution in [1.82, 2.24) is 5.16 Å². The van der Waals surface area contributed by atoms with E-state index < -0.39 is 5.97 Å². The fraction of sp³-hybridized carbons (Fsp3) is 0. The van der Waals surface area contributed by atoms with E-state index in [0.717, 1.165) is 5.56 Å². The summed E-state index contributed by atoms with van der Waals surface area (Å²) in [5.74, 6) is -0.893. The molecule has 0 spiro atoms. The summed E-state index contributed by atoms with van der Waals surface area (Å²) in [5, 5.41) is 14.0. The minimum atomic E-state index is -1.09. The first-order chi connectivity index (χ1) is 11.1. The number of hydrogen-bond acceptors (Lipinski definition) is 3. The number of rotatable bonds is 4. The molecule has 0 aliphatic rings. The summed E-state index contributed by atoms with van der Waals surface area (Å²) >= 11 is 5.85. The van der Waals surface area contributed by atoms with Crippen LogP contribution in [0.1, 0.15) is 21.7 Å². The number of benzene rings is 2. The van der Waals surface area contributed by atoms with E-state index >= 15 is 0 Å². The van der Waals surface area contributed by atoms with Crippen molar-refractivity contribution in [3.63, 3.8) is 0 Å². The Labute approximate surface area is 137 Å². The second-order valence-electron chi connectivity index (χ2n) is 4.83. The molecule has 3 aromatic rings. The number of nitrogens with zero attached hydrogens (tertiary/aromatic N) is 1. The van der Waals surface area contributed by atoms with Crippen LogP contribution in [0.15, 0.2) is 59.1 Å². The van der Waals surface area contributed by atoms with Gasteiger partial charge in [-0.25, -0.2) is 4.79 Å². The van der Waals surface area contributed by atoms with Gasteiger partial charge in [0.15, 0.2) is 5.76 Å². The second-order valence-corrected chi connectivity index (χ2v) is 5.26. The molecule has 1 N–H and O–H groups in total. The Balaban J connectivity index is 2.01. The lowest BCUT2D eigenvalue weighted by atomic mass is 10.1. The van der Waals surface area contributed by atoms with Gasteiger partial charge in [0.05, 0.1) is 0 Å². The van der Waals surface area contributed by atoms with Crippen LogP contribution in [-0.2, 0) is 0 Å². The molecule has 0 radical (unpaired) electrons. The van der Waals surface area contributed by atoms with Gasteiger partial charge in [0.1, 0.15) is 11.3 Å². The van der Waals surface area contributed by atoms with Gasteiger partial charge >= 0.3 is 5.97 Å². The molecule has 0 bridgehead atoms. The van der Waals surface area contributed by atoms with E-state index in [9.17, 15) is 9.90 Å². The van der Waals surface area contributed by atoms with Crippen LogP contribution >= 0.6 is 11.6 Å². The van der Waals surface area contributed by atoms with Crippen LogP contribution in [0.4, 0.5) is 0 Å². The molecule has 0 atom stereocenters. The highest BCUT2D eigenvalue weighted by atomic mass is 35.5. The smallest absolute Gasteiger partial charge is 0.341 e. The van der Waals surface area contributed by atoms with E-state index in [0.29, 0.717) is 10.6 Å². The zero-order chi connectivity index (χ0) is 16.2. The normalized spacial score (nSPS) is 11.0. The van der Waals surface area contributed by atoms with E-state index in [1.807, 2.05) is 30.3 Å². The van der Waals surface area contributed by atoms with Crippen molar-refractivity contribution in [2.24, 2.45) is 0 Å². The summed E-state index contributed by atoms with van der Waals surface area (Å²) in [6.45, 7) is 0. The monoisotopic (exact) mass is 325 g/mol. The number of aromatic nitrogens is 1. The highest BCUT2D eigenvalue weighted by molar-refractivity contribution is 6.30. The molecule has 0 aliphatic carbocycles. The Morgan fingerprint density at radius 3 is 2.39 bits per heavy atom. The molecule has 0 unspecified atom stereocenters. The Hall–Kier alpha value is -2.85. The number of hydrogen-bond donors (Lipinski definition) is 1. The van der Waals surface area contributed by atoms with Crippen LogP contribution in [0.2, 0.25) is 5.02 Å². The fourth-order valence-corrected chi connectivity index (χ4v) is 2.29. The van der Waals surface area contributed by atoms with Crippen LogP contribution < -0.4 is 0 Å². The van der Waals surface area contributed by atoms with Gasteiger partial charge in [-0.3, -0.25) is 0 Å². The zero-order valence-corrected chi connectivity index (χ0v) is 12.7. The van der Waals surface area contributed by atoms with Crippen molar-refractivity contribution in [1.29, 1.82) is 0 Å². The Morgan fingerprint density at radius 1 is 1.04 bits per heavy atom. The summed E-state index contributed by atoms with van der Waals surface area (Å²) in [6.07, 6.45) is 3.38. The largest absolute Gasteiger partial charge is 0.477 e. The van der Waals surface area contributed by atoms with Gasteiger partial charge in [0.2, 0.25) is 0 Å². The standard InChI is InChI=1S/C18H12ClNO3/c19-14-9-7-13(8-10-14)17-16(18(21)22)15(23-20-17)11-6-12-4-2-1-3-5-12/h1-11H,(H,21,22). The first-order valence-electron chi connectivity index (χ1n) is 6.87. The van der Waals surface area contributed by atoms with Crippen LogP contribution in [0, 0.1) is 0 Å². The predicted molar refractivity (Wildman–Crippen MR) is 89.3 cm³/mol.